The molecule has 14 heavy (non-hydrogen) atoms. The van der Waals surface area contributed by atoms with Crippen molar-refractivity contribution in [3.8, 4) is 0 Å². The molecule has 1 heteroatoms. The molecule has 1 N–H and O–H groups in total. The van der Waals surface area contributed by atoms with E-state index < -0.39 is 0 Å². The molecule has 2 atom stereocenters. The fraction of sp³-hybridized carbons (Fsp3) is 1.00. The second-order valence-electron chi connectivity index (χ2n) is 5.88. The van der Waals surface area contributed by atoms with E-state index in [0.717, 1.165) is 18.0 Å². The van der Waals surface area contributed by atoms with Crippen molar-refractivity contribution in [2.45, 2.75) is 71.4 Å². The number of rotatable bonds is 4. The normalized spacial score (nSPS) is 30.2. The van der Waals surface area contributed by atoms with Crippen molar-refractivity contribution in [2.75, 3.05) is 0 Å². The Balaban J connectivity index is 1.78. The Morgan fingerprint density at radius 1 is 1.14 bits per heavy atom. The summed E-state index contributed by atoms with van der Waals surface area (Å²) in [4.78, 5) is 0. The first-order chi connectivity index (χ1) is 6.62. The van der Waals surface area contributed by atoms with Crippen LogP contribution in [-0.2, 0) is 0 Å². The first-order valence-corrected chi connectivity index (χ1v) is 6.38. The average Bonchev–Trinajstić information content (AvgIpc) is 2.71. The standard InChI is InChI=1S/C13H25N/c1-10(12-6-4-5-7-12)14-11(2)13(3)8-9-13/h10-12,14H,4-9H2,1-3H3/t10-,11?/m1/s1. The Morgan fingerprint density at radius 3 is 2.21 bits per heavy atom. The van der Waals surface area contributed by atoms with Crippen LogP contribution in [0.15, 0.2) is 0 Å². The van der Waals surface area contributed by atoms with Crippen molar-refractivity contribution in [1.82, 2.24) is 5.32 Å². The quantitative estimate of drug-likeness (QED) is 0.725. The molecule has 0 bridgehead atoms. The summed E-state index contributed by atoms with van der Waals surface area (Å²) in [6.07, 6.45) is 8.69. The smallest absolute Gasteiger partial charge is 0.00951 e. The minimum Gasteiger partial charge on any atom is -0.311 e. The molecular formula is C13H25N. The summed E-state index contributed by atoms with van der Waals surface area (Å²) < 4.78 is 0. The van der Waals surface area contributed by atoms with Crippen LogP contribution in [0.3, 0.4) is 0 Å². The molecule has 0 aromatic rings. The van der Waals surface area contributed by atoms with Gasteiger partial charge in [0.05, 0.1) is 0 Å². The zero-order chi connectivity index (χ0) is 10.2. The number of hydrogen-bond acceptors (Lipinski definition) is 1. The van der Waals surface area contributed by atoms with E-state index in [9.17, 15) is 0 Å². The Morgan fingerprint density at radius 2 is 1.71 bits per heavy atom. The van der Waals surface area contributed by atoms with E-state index in [1.807, 2.05) is 0 Å². The molecule has 82 valence electrons. The van der Waals surface area contributed by atoms with Crippen molar-refractivity contribution in [3.63, 3.8) is 0 Å². The van der Waals surface area contributed by atoms with Crippen LogP contribution in [0.4, 0.5) is 0 Å². The summed E-state index contributed by atoms with van der Waals surface area (Å²) in [6.45, 7) is 7.18. The molecule has 1 nitrogen and oxygen atoms in total. The lowest BCUT2D eigenvalue weighted by Crippen LogP contribution is -2.42. The highest BCUT2D eigenvalue weighted by Gasteiger charge is 2.43. The van der Waals surface area contributed by atoms with Gasteiger partial charge in [-0.3, -0.25) is 0 Å². The third-order valence-electron chi connectivity index (χ3n) is 4.70. The predicted molar refractivity (Wildman–Crippen MR) is 61.4 cm³/mol. The van der Waals surface area contributed by atoms with Crippen molar-refractivity contribution in [3.05, 3.63) is 0 Å². The second kappa shape index (κ2) is 3.84. The molecule has 2 saturated carbocycles. The van der Waals surface area contributed by atoms with E-state index in [-0.39, 0.29) is 0 Å². The number of nitrogens with one attached hydrogen (secondary N) is 1. The monoisotopic (exact) mass is 195 g/mol. The van der Waals surface area contributed by atoms with Crippen molar-refractivity contribution >= 4 is 0 Å². The average molecular weight is 195 g/mol. The Bertz CT molecular complexity index is 189. The summed E-state index contributed by atoms with van der Waals surface area (Å²) in [5, 5.41) is 3.82. The molecule has 0 heterocycles. The molecule has 2 aliphatic carbocycles. The molecule has 0 radical (unpaired) electrons. The van der Waals surface area contributed by atoms with Crippen LogP contribution < -0.4 is 5.32 Å². The zero-order valence-electron chi connectivity index (χ0n) is 9.97. The predicted octanol–water partition coefficient (Wildman–Crippen LogP) is 3.34. The molecule has 0 aromatic heterocycles. The van der Waals surface area contributed by atoms with Crippen molar-refractivity contribution in [1.29, 1.82) is 0 Å². The number of hydrogen-bond donors (Lipinski definition) is 1. The molecule has 0 saturated heterocycles. The van der Waals surface area contributed by atoms with Gasteiger partial charge in [0, 0.05) is 12.1 Å². The highest BCUT2D eigenvalue weighted by atomic mass is 15.0. The third-order valence-corrected chi connectivity index (χ3v) is 4.70. The Hall–Kier alpha value is -0.0400. The summed E-state index contributed by atoms with van der Waals surface area (Å²) in [7, 11) is 0. The van der Waals surface area contributed by atoms with Gasteiger partial charge in [0.1, 0.15) is 0 Å². The van der Waals surface area contributed by atoms with Gasteiger partial charge in [0.15, 0.2) is 0 Å². The molecule has 2 aliphatic rings. The minimum absolute atomic E-state index is 0.632. The van der Waals surface area contributed by atoms with E-state index >= 15 is 0 Å². The Labute approximate surface area is 88.7 Å². The van der Waals surface area contributed by atoms with Crippen LogP contribution in [0, 0.1) is 11.3 Å². The molecular weight excluding hydrogens is 170 g/mol. The molecule has 0 aromatic carbocycles. The highest BCUT2D eigenvalue weighted by Crippen LogP contribution is 2.48. The first-order valence-electron chi connectivity index (χ1n) is 6.38. The zero-order valence-corrected chi connectivity index (χ0v) is 9.97. The van der Waals surface area contributed by atoms with Gasteiger partial charge in [-0.05, 0) is 50.9 Å². The fourth-order valence-corrected chi connectivity index (χ4v) is 2.82. The molecule has 0 spiro atoms. The topological polar surface area (TPSA) is 12.0 Å². The van der Waals surface area contributed by atoms with Gasteiger partial charge in [-0.25, -0.2) is 0 Å². The molecule has 1 unspecified atom stereocenters. The Kier molecular flexibility index (Phi) is 2.88. The first kappa shape index (κ1) is 10.5. The van der Waals surface area contributed by atoms with Gasteiger partial charge in [0.25, 0.3) is 0 Å². The van der Waals surface area contributed by atoms with E-state index in [1.165, 1.54) is 38.5 Å². The van der Waals surface area contributed by atoms with E-state index in [2.05, 4.69) is 26.1 Å². The van der Waals surface area contributed by atoms with Crippen LogP contribution in [0.1, 0.15) is 59.3 Å². The van der Waals surface area contributed by atoms with Crippen LogP contribution in [0.2, 0.25) is 0 Å². The third kappa shape index (κ3) is 2.13. The minimum atomic E-state index is 0.632. The molecule has 2 rings (SSSR count). The van der Waals surface area contributed by atoms with Gasteiger partial charge in [0.2, 0.25) is 0 Å². The van der Waals surface area contributed by atoms with Crippen LogP contribution in [0.25, 0.3) is 0 Å². The molecule has 2 fully saturated rings. The fourth-order valence-electron chi connectivity index (χ4n) is 2.82. The maximum absolute atomic E-state index is 3.82. The van der Waals surface area contributed by atoms with E-state index in [4.69, 9.17) is 0 Å². The largest absolute Gasteiger partial charge is 0.311 e. The van der Waals surface area contributed by atoms with Crippen molar-refractivity contribution in [2.24, 2.45) is 11.3 Å². The van der Waals surface area contributed by atoms with E-state index in [1.54, 1.807) is 0 Å². The van der Waals surface area contributed by atoms with Gasteiger partial charge < -0.3 is 5.32 Å². The van der Waals surface area contributed by atoms with Gasteiger partial charge in [-0.2, -0.15) is 0 Å². The lowest BCUT2D eigenvalue weighted by molar-refractivity contribution is 0.291. The van der Waals surface area contributed by atoms with Crippen LogP contribution in [0.5, 0.6) is 0 Å². The summed E-state index contributed by atoms with van der Waals surface area (Å²) in [6, 6.07) is 1.46. The maximum Gasteiger partial charge on any atom is 0.00951 e. The lowest BCUT2D eigenvalue weighted by atomic mass is 9.95. The highest BCUT2D eigenvalue weighted by molar-refractivity contribution is 4.97. The van der Waals surface area contributed by atoms with Gasteiger partial charge in [-0.1, -0.05) is 19.8 Å². The second-order valence-corrected chi connectivity index (χ2v) is 5.88. The maximum atomic E-state index is 3.82. The summed E-state index contributed by atoms with van der Waals surface area (Å²) in [5.41, 5.74) is 0.632. The molecule has 0 aliphatic heterocycles. The SMILES string of the molecule is CC(N[C@H](C)C1CCCC1)C1(C)CC1. The summed E-state index contributed by atoms with van der Waals surface area (Å²) in [5.74, 6) is 0.958. The van der Waals surface area contributed by atoms with Gasteiger partial charge in [-0.15, -0.1) is 0 Å². The van der Waals surface area contributed by atoms with Crippen LogP contribution in [-0.4, -0.2) is 12.1 Å². The van der Waals surface area contributed by atoms with Crippen molar-refractivity contribution < 1.29 is 0 Å². The van der Waals surface area contributed by atoms with Crippen LogP contribution >= 0.6 is 0 Å². The van der Waals surface area contributed by atoms with E-state index in [0.29, 0.717) is 5.41 Å². The van der Waals surface area contributed by atoms with Gasteiger partial charge >= 0.3 is 0 Å². The lowest BCUT2D eigenvalue weighted by Gasteiger charge is -2.28. The summed E-state index contributed by atoms with van der Waals surface area (Å²) >= 11 is 0. The molecule has 0 amide bonds.